The van der Waals surface area contributed by atoms with Gasteiger partial charge in [0.15, 0.2) is 0 Å². The summed E-state index contributed by atoms with van der Waals surface area (Å²) >= 11 is 4.97. The van der Waals surface area contributed by atoms with Crippen LogP contribution in [-0.4, -0.2) is 36.8 Å². The van der Waals surface area contributed by atoms with Gasteiger partial charge in [-0.05, 0) is 25.7 Å². The maximum Gasteiger partial charge on any atom is 0.324 e. The summed E-state index contributed by atoms with van der Waals surface area (Å²) in [6, 6.07) is 0. The SMILES string of the molecule is CCCCCCCC(=O)OCCC(OC(=O)CCCCCCC)OC(=O)CCCCC(=O)OCl. The van der Waals surface area contributed by atoms with Crippen LogP contribution in [0.2, 0.25) is 0 Å². The predicted octanol–water partition coefficient (Wildman–Crippen LogP) is 6.31. The van der Waals surface area contributed by atoms with Gasteiger partial charge in [-0.2, -0.15) is 0 Å². The van der Waals surface area contributed by atoms with Crippen molar-refractivity contribution >= 4 is 35.7 Å². The van der Waals surface area contributed by atoms with Crippen LogP contribution in [0.25, 0.3) is 0 Å². The van der Waals surface area contributed by atoms with Crippen molar-refractivity contribution in [2.45, 2.75) is 129 Å². The summed E-state index contributed by atoms with van der Waals surface area (Å²) in [7, 11) is 0. The summed E-state index contributed by atoms with van der Waals surface area (Å²) in [6.07, 6.45) is 10.6. The lowest BCUT2D eigenvalue weighted by Gasteiger charge is -2.18. The molecule has 0 aliphatic heterocycles. The molecule has 0 saturated carbocycles. The van der Waals surface area contributed by atoms with Gasteiger partial charge < -0.3 is 18.5 Å². The molecule has 0 fully saturated rings. The molecule has 0 spiro atoms. The number of halogens is 1. The Morgan fingerprint density at radius 2 is 1.00 bits per heavy atom. The normalized spacial score (nSPS) is 11.5. The highest BCUT2D eigenvalue weighted by Crippen LogP contribution is 2.12. The Morgan fingerprint density at radius 1 is 0.588 bits per heavy atom. The average Bonchev–Trinajstić information content (AvgIpc) is 2.81. The van der Waals surface area contributed by atoms with E-state index in [0.717, 1.165) is 57.8 Å². The molecule has 0 heterocycles. The Morgan fingerprint density at radius 3 is 1.47 bits per heavy atom. The zero-order valence-corrected chi connectivity index (χ0v) is 21.7. The van der Waals surface area contributed by atoms with Gasteiger partial charge in [-0.3, -0.25) is 19.2 Å². The van der Waals surface area contributed by atoms with Crippen molar-refractivity contribution in [2.75, 3.05) is 6.61 Å². The first-order chi connectivity index (χ1) is 16.4. The van der Waals surface area contributed by atoms with Crippen molar-refractivity contribution in [1.29, 1.82) is 0 Å². The second kappa shape index (κ2) is 22.9. The van der Waals surface area contributed by atoms with E-state index in [0.29, 0.717) is 25.7 Å². The maximum absolute atomic E-state index is 12.2. The quantitative estimate of drug-likeness (QED) is 0.0954. The molecule has 0 bridgehead atoms. The van der Waals surface area contributed by atoms with Crippen LogP contribution in [-0.2, 0) is 37.7 Å². The van der Waals surface area contributed by atoms with Crippen molar-refractivity contribution < 1.29 is 37.7 Å². The molecule has 0 aromatic rings. The molecule has 0 aliphatic rings. The molecule has 1 atom stereocenters. The van der Waals surface area contributed by atoms with Crippen LogP contribution in [0.4, 0.5) is 0 Å². The van der Waals surface area contributed by atoms with Crippen molar-refractivity contribution in [3.8, 4) is 0 Å². The monoisotopic (exact) mass is 506 g/mol. The van der Waals surface area contributed by atoms with Gasteiger partial charge in [0, 0.05) is 25.7 Å². The largest absolute Gasteiger partial charge is 0.465 e. The zero-order valence-electron chi connectivity index (χ0n) is 20.9. The van der Waals surface area contributed by atoms with Crippen LogP contribution in [0, 0.1) is 0 Å². The topological polar surface area (TPSA) is 105 Å². The number of unbranched alkanes of at least 4 members (excludes halogenated alkanes) is 9. The number of esters is 3. The molecule has 0 rings (SSSR count). The molecule has 0 N–H and O–H groups in total. The molecule has 8 nitrogen and oxygen atoms in total. The summed E-state index contributed by atoms with van der Waals surface area (Å²) in [4.78, 5) is 47.2. The van der Waals surface area contributed by atoms with Gasteiger partial charge in [0.2, 0.25) is 0 Å². The molecule has 0 aromatic heterocycles. The third-order valence-corrected chi connectivity index (χ3v) is 5.38. The fourth-order valence-corrected chi connectivity index (χ4v) is 3.29. The molecule has 0 aromatic carbocycles. The third-order valence-electron chi connectivity index (χ3n) is 5.21. The van der Waals surface area contributed by atoms with Crippen LogP contribution in [0.15, 0.2) is 0 Å². The number of ether oxygens (including phenoxy) is 3. The Labute approximate surface area is 209 Å². The minimum Gasteiger partial charge on any atom is -0.465 e. The predicted molar refractivity (Wildman–Crippen MR) is 129 cm³/mol. The van der Waals surface area contributed by atoms with E-state index in [2.05, 4.69) is 18.1 Å². The molecule has 0 saturated heterocycles. The van der Waals surface area contributed by atoms with Gasteiger partial charge >= 0.3 is 23.9 Å². The van der Waals surface area contributed by atoms with Gasteiger partial charge in [0.05, 0.1) is 13.0 Å². The van der Waals surface area contributed by atoms with Crippen LogP contribution >= 0.6 is 11.9 Å². The summed E-state index contributed by atoms with van der Waals surface area (Å²) < 4.78 is 19.9. The highest BCUT2D eigenvalue weighted by Gasteiger charge is 2.20. The summed E-state index contributed by atoms with van der Waals surface area (Å²) in [5, 5.41) is 0. The molecule has 9 heteroatoms. The van der Waals surface area contributed by atoms with E-state index in [1.54, 1.807) is 0 Å². The zero-order chi connectivity index (χ0) is 25.4. The molecule has 0 radical (unpaired) electrons. The summed E-state index contributed by atoms with van der Waals surface area (Å²) in [6.45, 7) is 4.25. The van der Waals surface area contributed by atoms with Crippen molar-refractivity contribution in [3.63, 3.8) is 0 Å². The highest BCUT2D eigenvalue weighted by molar-refractivity contribution is 6.13. The molecule has 1 unspecified atom stereocenters. The van der Waals surface area contributed by atoms with Gasteiger partial charge in [-0.25, -0.2) is 0 Å². The number of hydrogen-bond donors (Lipinski definition) is 0. The number of rotatable bonds is 22. The van der Waals surface area contributed by atoms with E-state index >= 15 is 0 Å². The molecule has 198 valence electrons. The lowest BCUT2D eigenvalue weighted by atomic mass is 10.1. The number of hydrogen-bond acceptors (Lipinski definition) is 8. The highest BCUT2D eigenvalue weighted by atomic mass is 35.5. The minimum absolute atomic E-state index is 0.00289. The van der Waals surface area contributed by atoms with Crippen molar-refractivity contribution in [2.24, 2.45) is 0 Å². The molecular formula is C25H43ClO8. The van der Waals surface area contributed by atoms with Crippen LogP contribution in [0.5, 0.6) is 0 Å². The van der Waals surface area contributed by atoms with E-state index in [1.165, 1.54) is 0 Å². The lowest BCUT2D eigenvalue weighted by Crippen LogP contribution is -2.26. The number of carbonyl (C=O) groups is 4. The second-order valence-corrected chi connectivity index (χ2v) is 8.56. The van der Waals surface area contributed by atoms with E-state index in [9.17, 15) is 19.2 Å². The van der Waals surface area contributed by atoms with Gasteiger partial charge in [-0.15, -0.1) is 0 Å². The van der Waals surface area contributed by atoms with Gasteiger partial charge in [0.25, 0.3) is 6.29 Å². The fraction of sp³-hybridized carbons (Fsp3) is 0.840. The van der Waals surface area contributed by atoms with Crippen LogP contribution in [0.1, 0.15) is 123 Å². The van der Waals surface area contributed by atoms with Gasteiger partial charge in [-0.1, -0.05) is 65.2 Å². The second-order valence-electron chi connectivity index (χ2n) is 8.40. The average molecular weight is 507 g/mol. The Hall–Kier alpha value is -1.83. The fourth-order valence-electron chi connectivity index (χ4n) is 3.22. The first kappa shape index (κ1) is 32.2. The Balaban J connectivity index is 4.42. The molecule has 0 amide bonds. The van der Waals surface area contributed by atoms with E-state index in [4.69, 9.17) is 26.1 Å². The Bertz CT molecular complexity index is 567. The number of carbonyl (C=O) groups excluding carboxylic acids is 4. The van der Waals surface area contributed by atoms with Gasteiger partial charge in [0.1, 0.15) is 11.9 Å². The molecular weight excluding hydrogens is 464 g/mol. The van der Waals surface area contributed by atoms with E-state index < -0.39 is 24.2 Å². The molecule has 34 heavy (non-hydrogen) atoms. The minimum atomic E-state index is -1.11. The summed E-state index contributed by atoms with van der Waals surface area (Å²) in [5.74, 6) is -1.87. The Kier molecular flexibility index (Phi) is 21.7. The lowest BCUT2D eigenvalue weighted by molar-refractivity contribution is -0.191. The third kappa shape index (κ3) is 20.8. The first-order valence-electron chi connectivity index (χ1n) is 12.8. The summed E-state index contributed by atoms with van der Waals surface area (Å²) in [5.41, 5.74) is 0. The standard InChI is InChI=1S/C25H43ClO8/c1-3-5-7-9-11-15-21(27)31-20-19-25(32-22(28)16-12-10-8-6-4-2)33-23(29)17-13-14-18-24(30)34-26/h25H,3-20H2,1-2H3. The van der Waals surface area contributed by atoms with Crippen LogP contribution < -0.4 is 0 Å². The van der Waals surface area contributed by atoms with Crippen LogP contribution in [0.3, 0.4) is 0 Å². The van der Waals surface area contributed by atoms with E-state index in [-0.39, 0.29) is 38.3 Å². The van der Waals surface area contributed by atoms with E-state index in [1.807, 2.05) is 0 Å². The molecule has 0 aliphatic carbocycles. The van der Waals surface area contributed by atoms with Crippen molar-refractivity contribution in [1.82, 2.24) is 0 Å². The smallest absolute Gasteiger partial charge is 0.324 e. The maximum atomic E-state index is 12.2. The van der Waals surface area contributed by atoms with Crippen molar-refractivity contribution in [3.05, 3.63) is 0 Å². The first-order valence-corrected chi connectivity index (χ1v) is 13.1.